The number of hydrogen-bond acceptors (Lipinski definition) is 2. The predicted octanol–water partition coefficient (Wildman–Crippen LogP) is 2.62. The van der Waals surface area contributed by atoms with Gasteiger partial charge in [-0.25, -0.2) is 4.79 Å². The summed E-state index contributed by atoms with van der Waals surface area (Å²) in [7, 11) is 0. The third-order valence-corrected chi connectivity index (χ3v) is 3.23. The number of aromatic carboxylic acids is 1. The summed E-state index contributed by atoms with van der Waals surface area (Å²) in [5, 5.41) is 9.15. The largest absolute Gasteiger partial charge is 0.478 e. The summed E-state index contributed by atoms with van der Waals surface area (Å²) in [6.45, 7) is 5.31. The van der Waals surface area contributed by atoms with Crippen LogP contribution in [0.2, 0.25) is 0 Å². The molecule has 0 aromatic heterocycles. The molecule has 2 rings (SSSR count). The second-order valence-electron chi connectivity index (χ2n) is 4.66. The summed E-state index contributed by atoms with van der Waals surface area (Å²) in [6.07, 6.45) is 1.13. The second-order valence-corrected chi connectivity index (χ2v) is 4.66. The Labute approximate surface area is 95.7 Å². The number of anilines is 1. The van der Waals surface area contributed by atoms with Crippen LogP contribution in [-0.4, -0.2) is 23.7 Å². The zero-order valence-corrected chi connectivity index (χ0v) is 9.68. The van der Waals surface area contributed by atoms with Crippen molar-refractivity contribution in [3.8, 4) is 0 Å². The van der Waals surface area contributed by atoms with Crippen LogP contribution >= 0.6 is 0 Å². The number of carboxylic acid groups (broad SMARTS) is 1. The zero-order valence-electron chi connectivity index (χ0n) is 9.68. The fraction of sp³-hybridized carbons (Fsp3) is 0.462. The fourth-order valence-corrected chi connectivity index (χ4v) is 2.54. The van der Waals surface area contributed by atoms with Crippen molar-refractivity contribution < 1.29 is 9.90 Å². The van der Waals surface area contributed by atoms with Gasteiger partial charge in [0.15, 0.2) is 0 Å². The summed E-state index contributed by atoms with van der Waals surface area (Å²) < 4.78 is 0. The minimum atomic E-state index is -0.845. The molecule has 1 fully saturated rings. The van der Waals surface area contributed by atoms with Gasteiger partial charge in [-0.3, -0.25) is 0 Å². The Morgan fingerprint density at radius 1 is 1.38 bits per heavy atom. The van der Waals surface area contributed by atoms with Crippen molar-refractivity contribution in [2.24, 2.45) is 5.92 Å². The Hall–Kier alpha value is -1.51. The Morgan fingerprint density at radius 3 is 2.62 bits per heavy atom. The maximum atomic E-state index is 11.1. The van der Waals surface area contributed by atoms with E-state index in [-0.39, 0.29) is 0 Å². The van der Waals surface area contributed by atoms with Crippen LogP contribution in [0.1, 0.15) is 30.6 Å². The minimum absolute atomic E-state index is 0.406. The van der Waals surface area contributed by atoms with Gasteiger partial charge in [0.25, 0.3) is 0 Å². The van der Waals surface area contributed by atoms with Gasteiger partial charge >= 0.3 is 5.97 Å². The Kier molecular flexibility index (Phi) is 2.86. The zero-order chi connectivity index (χ0) is 11.7. The standard InChI is InChI=1S/C13H17NO2/c1-9-7-10(2)14(8-9)12-6-4-3-5-11(12)13(15)16/h3-6,9-10H,7-8H2,1-2H3,(H,15,16). The van der Waals surface area contributed by atoms with Gasteiger partial charge in [-0.15, -0.1) is 0 Å². The molecular weight excluding hydrogens is 202 g/mol. The maximum Gasteiger partial charge on any atom is 0.337 e. The smallest absolute Gasteiger partial charge is 0.337 e. The van der Waals surface area contributed by atoms with Crippen LogP contribution in [0.25, 0.3) is 0 Å². The molecule has 86 valence electrons. The molecule has 1 saturated heterocycles. The van der Waals surface area contributed by atoms with Crippen molar-refractivity contribution in [3.05, 3.63) is 29.8 Å². The van der Waals surface area contributed by atoms with Gasteiger partial charge < -0.3 is 10.0 Å². The van der Waals surface area contributed by atoms with Crippen LogP contribution < -0.4 is 4.90 Å². The first-order valence-corrected chi connectivity index (χ1v) is 5.68. The van der Waals surface area contributed by atoms with Crippen molar-refractivity contribution in [2.75, 3.05) is 11.4 Å². The summed E-state index contributed by atoms with van der Waals surface area (Å²) in [6, 6.07) is 7.68. The predicted molar refractivity (Wildman–Crippen MR) is 64.0 cm³/mol. The molecule has 0 bridgehead atoms. The molecule has 1 aliphatic heterocycles. The summed E-state index contributed by atoms with van der Waals surface area (Å²) in [4.78, 5) is 13.3. The first-order chi connectivity index (χ1) is 7.59. The van der Waals surface area contributed by atoms with Crippen LogP contribution in [0.3, 0.4) is 0 Å². The average Bonchev–Trinajstić information content (AvgIpc) is 2.57. The van der Waals surface area contributed by atoms with Gasteiger partial charge in [0.05, 0.1) is 11.3 Å². The molecule has 1 aliphatic rings. The third-order valence-electron chi connectivity index (χ3n) is 3.23. The number of benzene rings is 1. The average molecular weight is 219 g/mol. The lowest BCUT2D eigenvalue weighted by molar-refractivity contribution is 0.0697. The van der Waals surface area contributed by atoms with Crippen molar-refractivity contribution in [1.29, 1.82) is 0 Å². The van der Waals surface area contributed by atoms with Gasteiger partial charge in [0, 0.05) is 12.6 Å². The molecule has 0 spiro atoms. The Bertz CT molecular complexity index is 403. The quantitative estimate of drug-likeness (QED) is 0.831. The Morgan fingerprint density at radius 2 is 2.06 bits per heavy atom. The maximum absolute atomic E-state index is 11.1. The van der Waals surface area contributed by atoms with Gasteiger partial charge in [-0.2, -0.15) is 0 Å². The van der Waals surface area contributed by atoms with E-state index in [1.165, 1.54) is 0 Å². The van der Waals surface area contributed by atoms with E-state index in [1.54, 1.807) is 12.1 Å². The van der Waals surface area contributed by atoms with E-state index in [2.05, 4.69) is 18.7 Å². The van der Waals surface area contributed by atoms with Crippen LogP contribution in [0, 0.1) is 5.92 Å². The van der Waals surface area contributed by atoms with Crippen LogP contribution in [0.4, 0.5) is 5.69 Å². The number of para-hydroxylation sites is 1. The molecule has 0 radical (unpaired) electrons. The van der Waals surface area contributed by atoms with E-state index in [0.717, 1.165) is 18.7 Å². The first-order valence-electron chi connectivity index (χ1n) is 5.68. The SMILES string of the molecule is CC1CC(C)N(c2ccccc2C(=O)O)C1. The number of carbonyl (C=O) groups is 1. The number of carboxylic acids is 1. The molecule has 16 heavy (non-hydrogen) atoms. The van der Waals surface area contributed by atoms with Crippen LogP contribution in [-0.2, 0) is 0 Å². The van der Waals surface area contributed by atoms with Gasteiger partial charge in [-0.05, 0) is 31.4 Å². The molecular formula is C13H17NO2. The van der Waals surface area contributed by atoms with Crippen molar-refractivity contribution in [1.82, 2.24) is 0 Å². The number of nitrogens with zero attached hydrogens (tertiary/aromatic N) is 1. The summed E-state index contributed by atoms with van der Waals surface area (Å²) in [5.41, 5.74) is 1.26. The molecule has 2 atom stereocenters. The van der Waals surface area contributed by atoms with Crippen molar-refractivity contribution in [3.63, 3.8) is 0 Å². The molecule has 1 N–H and O–H groups in total. The van der Waals surface area contributed by atoms with E-state index < -0.39 is 5.97 Å². The normalized spacial score (nSPS) is 24.8. The van der Waals surface area contributed by atoms with E-state index in [0.29, 0.717) is 17.5 Å². The van der Waals surface area contributed by atoms with Crippen molar-refractivity contribution in [2.45, 2.75) is 26.3 Å². The summed E-state index contributed by atoms with van der Waals surface area (Å²) >= 11 is 0. The minimum Gasteiger partial charge on any atom is -0.478 e. The highest BCUT2D eigenvalue weighted by Crippen LogP contribution is 2.31. The highest BCUT2D eigenvalue weighted by molar-refractivity contribution is 5.94. The number of hydrogen-bond donors (Lipinski definition) is 1. The first kappa shape index (κ1) is 11.0. The molecule has 1 aromatic carbocycles. The molecule has 1 heterocycles. The topological polar surface area (TPSA) is 40.5 Å². The third kappa shape index (κ3) is 1.90. The van der Waals surface area contributed by atoms with E-state index in [4.69, 9.17) is 5.11 Å². The molecule has 0 saturated carbocycles. The van der Waals surface area contributed by atoms with Gasteiger partial charge in [0.1, 0.15) is 0 Å². The highest BCUT2D eigenvalue weighted by Gasteiger charge is 2.28. The second kappa shape index (κ2) is 4.16. The lowest BCUT2D eigenvalue weighted by atomic mass is 10.1. The molecule has 3 nitrogen and oxygen atoms in total. The van der Waals surface area contributed by atoms with E-state index >= 15 is 0 Å². The molecule has 0 amide bonds. The highest BCUT2D eigenvalue weighted by atomic mass is 16.4. The van der Waals surface area contributed by atoms with E-state index in [1.807, 2.05) is 12.1 Å². The molecule has 0 aliphatic carbocycles. The summed E-state index contributed by atoms with van der Waals surface area (Å²) in [5.74, 6) is -0.209. The number of rotatable bonds is 2. The molecule has 3 heteroatoms. The molecule has 2 unspecified atom stereocenters. The lowest BCUT2D eigenvalue weighted by Crippen LogP contribution is -2.28. The lowest BCUT2D eigenvalue weighted by Gasteiger charge is -2.25. The monoisotopic (exact) mass is 219 g/mol. The van der Waals surface area contributed by atoms with E-state index in [9.17, 15) is 4.79 Å². The molecule has 1 aromatic rings. The van der Waals surface area contributed by atoms with Gasteiger partial charge in [0.2, 0.25) is 0 Å². The Balaban J connectivity index is 2.36. The van der Waals surface area contributed by atoms with Crippen molar-refractivity contribution >= 4 is 11.7 Å². The van der Waals surface area contributed by atoms with Gasteiger partial charge in [-0.1, -0.05) is 19.1 Å². The van der Waals surface area contributed by atoms with Crippen LogP contribution in [0.5, 0.6) is 0 Å². The fourth-order valence-electron chi connectivity index (χ4n) is 2.54. The van der Waals surface area contributed by atoms with Crippen LogP contribution in [0.15, 0.2) is 24.3 Å².